The molecule has 2 aliphatic carbocycles. The van der Waals surface area contributed by atoms with Gasteiger partial charge in [-0.05, 0) is 89.5 Å². The molecular formula is C39H54FN3O8. The van der Waals surface area contributed by atoms with Crippen molar-refractivity contribution in [2.24, 2.45) is 29.4 Å². The van der Waals surface area contributed by atoms with Crippen LogP contribution in [0.4, 0.5) is 9.18 Å². The largest absolute Gasteiger partial charge is 0.457 e. The Hall–Kier alpha value is -3.67. The van der Waals surface area contributed by atoms with Gasteiger partial charge < -0.3 is 34.6 Å². The van der Waals surface area contributed by atoms with Gasteiger partial charge in [0.1, 0.15) is 30.5 Å². The highest BCUT2D eigenvalue weighted by Crippen LogP contribution is 2.51. The van der Waals surface area contributed by atoms with Crippen molar-refractivity contribution in [3.8, 4) is 0 Å². The van der Waals surface area contributed by atoms with Gasteiger partial charge in [0.15, 0.2) is 0 Å². The number of ether oxygens (including phenoxy) is 3. The van der Waals surface area contributed by atoms with E-state index < -0.39 is 54.3 Å². The Morgan fingerprint density at radius 2 is 1.73 bits per heavy atom. The van der Waals surface area contributed by atoms with Crippen LogP contribution >= 0.6 is 0 Å². The minimum atomic E-state index is -0.847. The fourth-order valence-corrected chi connectivity index (χ4v) is 9.09. The van der Waals surface area contributed by atoms with E-state index in [4.69, 9.17) is 24.4 Å². The summed E-state index contributed by atoms with van der Waals surface area (Å²) in [4.78, 5) is 56.2. The highest BCUT2D eigenvalue weighted by Gasteiger charge is 2.53. The molecular weight excluding hydrogens is 657 g/mol. The maximum Gasteiger partial charge on any atom is 0.407 e. The van der Waals surface area contributed by atoms with Crippen molar-refractivity contribution in [3.63, 3.8) is 0 Å². The number of fused-ring (bicyclic) bond motifs is 1. The molecule has 3 heterocycles. The van der Waals surface area contributed by atoms with Gasteiger partial charge in [-0.3, -0.25) is 9.59 Å². The zero-order chi connectivity index (χ0) is 36.3. The van der Waals surface area contributed by atoms with E-state index in [0.717, 1.165) is 44.9 Å². The summed E-state index contributed by atoms with van der Waals surface area (Å²) in [6.07, 6.45) is 8.44. The fraction of sp³-hybridized carbons (Fsp3) is 0.692. The standard InChI is InChI=1S/C39H54FN3O8/c1-39(2,3)51-38(47)42-29(21-40)24-15-17-25(18-16-24)36(45)43-30(20-28(33(43)35(41)44)23-10-5-4-6-11-23)32-27-13-7-8-14-31(27)50-34(32)37(46)49-22-26-12-9-19-48-26/h7-8,13-14,23-26,28-30,33H,4-6,9-12,15-22H2,1-3H3,(H2,41,44)(H,42,47)/t24?,25?,26?,28-,29?,30?,33-/m0/s1. The fourth-order valence-electron chi connectivity index (χ4n) is 9.09. The predicted molar refractivity (Wildman–Crippen MR) is 187 cm³/mol. The quantitative estimate of drug-likeness (QED) is 0.257. The van der Waals surface area contributed by atoms with Crippen LogP contribution in [0.5, 0.6) is 0 Å². The van der Waals surface area contributed by atoms with E-state index in [1.807, 2.05) is 18.2 Å². The second-order valence-electron chi connectivity index (χ2n) is 16.0. The maximum absolute atomic E-state index is 14.8. The van der Waals surface area contributed by atoms with Crippen LogP contribution in [0.2, 0.25) is 0 Å². The number of nitrogens with two attached hydrogens (primary N) is 1. The molecule has 11 nitrogen and oxygen atoms in total. The molecule has 6 rings (SSSR count). The minimum Gasteiger partial charge on any atom is -0.457 e. The highest BCUT2D eigenvalue weighted by atomic mass is 19.1. The molecule has 1 aromatic carbocycles. The molecule has 1 aromatic heterocycles. The van der Waals surface area contributed by atoms with Gasteiger partial charge in [-0.1, -0.05) is 50.3 Å². The molecule has 0 bridgehead atoms. The van der Waals surface area contributed by atoms with Crippen molar-refractivity contribution < 1.29 is 42.2 Å². The Morgan fingerprint density at radius 3 is 2.37 bits per heavy atom. The normalized spacial score (nSPS) is 28.0. The van der Waals surface area contributed by atoms with Gasteiger partial charge in [0.2, 0.25) is 17.6 Å². The summed E-state index contributed by atoms with van der Waals surface area (Å²) in [6, 6.07) is 5.13. The molecule has 51 heavy (non-hydrogen) atoms. The molecule has 3 amide bonds. The number of rotatable bonds is 10. The van der Waals surface area contributed by atoms with E-state index in [1.54, 1.807) is 31.7 Å². The number of carbonyl (C=O) groups excluding carboxylic acids is 4. The number of hydrogen-bond donors (Lipinski definition) is 2. The maximum atomic E-state index is 14.8. The Kier molecular flexibility index (Phi) is 11.6. The third-order valence-corrected chi connectivity index (χ3v) is 11.5. The number of primary amides is 1. The lowest BCUT2D eigenvalue weighted by atomic mass is 9.75. The number of alkyl carbamates (subject to hydrolysis) is 1. The number of likely N-dealkylation sites (tertiary alicyclic amines) is 1. The van der Waals surface area contributed by atoms with Crippen molar-refractivity contribution in [1.82, 2.24) is 10.2 Å². The Bertz CT molecular complexity index is 1550. The lowest BCUT2D eigenvalue weighted by Crippen LogP contribution is -2.51. The number of hydrogen-bond acceptors (Lipinski definition) is 8. The average molecular weight is 712 g/mol. The van der Waals surface area contributed by atoms with Crippen molar-refractivity contribution >= 4 is 34.8 Å². The molecule has 2 aliphatic heterocycles. The summed E-state index contributed by atoms with van der Waals surface area (Å²) < 4.78 is 37.2. The number of nitrogens with one attached hydrogen (secondary N) is 1. The Labute approximate surface area is 299 Å². The number of alkyl halides is 1. The third-order valence-electron chi connectivity index (χ3n) is 11.5. The molecule has 0 spiro atoms. The molecule has 0 radical (unpaired) electrons. The molecule has 2 saturated carbocycles. The summed E-state index contributed by atoms with van der Waals surface area (Å²) >= 11 is 0. The van der Waals surface area contributed by atoms with Crippen LogP contribution in [-0.2, 0) is 23.8 Å². The van der Waals surface area contributed by atoms with Gasteiger partial charge in [-0.25, -0.2) is 14.0 Å². The number of esters is 1. The van der Waals surface area contributed by atoms with Crippen molar-refractivity contribution in [2.45, 2.75) is 128 Å². The van der Waals surface area contributed by atoms with E-state index in [2.05, 4.69) is 5.32 Å². The van der Waals surface area contributed by atoms with Gasteiger partial charge in [0.05, 0.1) is 18.2 Å². The minimum absolute atomic E-state index is 0.0345. The van der Waals surface area contributed by atoms with E-state index in [0.29, 0.717) is 55.2 Å². The van der Waals surface area contributed by atoms with E-state index in [9.17, 15) is 23.6 Å². The first kappa shape index (κ1) is 37.1. The first-order valence-electron chi connectivity index (χ1n) is 18.9. The molecule has 4 aliphatic rings. The summed E-state index contributed by atoms with van der Waals surface area (Å²) in [5.74, 6) is -1.92. The van der Waals surface area contributed by atoms with Gasteiger partial charge in [-0.15, -0.1) is 0 Å². The second kappa shape index (κ2) is 15.9. The summed E-state index contributed by atoms with van der Waals surface area (Å²) in [6.45, 7) is 5.24. The highest BCUT2D eigenvalue weighted by molar-refractivity contribution is 5.98. The SMILES string of the molecule is CC(C)(C)OC(=O)NC(CF)C1CCC(C(=O)N2C(c3c(C(=O)OCC4CCCO4)oc4ccccc34)C[C@@H](C3CCCCC3)[C@H]2C(N)=O)CC1. The first-order valence-corrected chi connectivity index (χ1v) is 18.9. The van der Waals surface area contributed by atoms with Crippen LogP contribution in [0.15, 0.2) is 28.7 Å². The van der Waals surface area contributed by atoms with Crippen LogP contribution < -0.4 is 11.1 Å². The van der Waals surface area contributed by atoms with E-state index in [1.165, 1.54) is 0 Å². The molecule has 3 N–H and O–H groups in total. The third kappa shape index (κ3) is 8.36. The smallest absolute Gasteiger partial charge is 0.407 e. The summed E-state index contributed by atoms with van der Waals surface area (Å²) in [5.41, 5.74) is 6.54. The molecule has 5 atom stereocenters. The van der Waals surface area contributed by atoms with Crippen molar-refractivity contribution in [1.29, 1.82) is 0 Å². The number of amides is 3. The topological polar surface area (TPSA) is 150 Å². The Balaban J connectivity index is 1.29. The summed E-state index contributed by atoms with van der Waals surface area (Å²) in [5, 5.41) is 3.38. The van der Waals surface area contributed by atoms with Crippen LogP contribution in [0, 0.1) is 23.7 Å². The van der Waals surface area contributed by atoms with Crippen LogP contribution in [0.3, 0.4) is 0 Å². The van der Waals surface area contributed by atoms with Gasteiger partial charge >= 0.3 is 12.1 Å². The second-order valence-corrected chi connectivity index (χ2v) is 16.0. The molecule has 2 aromatic rings. The molecule has 280 valence electrons. The zero-order valence-corrected chi connectivity index (χ0v) is 30.2. The number of para-hydroxylation sites is 1. The van der Waals surface area contributed by atoms with E-state index >= 15 is 0 Å². The molecule has 4 fully saturated rings. The van der Waals surface area contributed by atoms with Gasteiger partial charge in [0.25, 0.3) is 0 Å². The number of furan rings is 1. The summed E-state index contributed by atoms with van der Waals surface area (Å²) in [7, 11) is 0. The Morgan fingerprint density at radius 1 is 1.00 bits per heavy atom. The number of carbonyl (C=O) groups is 4. The van der Waals surface area contributed by atoms with Crippen LogP contribution in [0.1, 0.15) is 120 Å². The van der Waals surface area contributed by atoms with Crippen LogP contribution in [-0.4, -0.2) is 72.5 Å². The van der Waals surface area contributed by atoms with Crippen molar-refractivity contribution in [3.05, 3.63) is 35.6 Å². The lowest BCUT2D eigenvalue weighted by molar-refractivity contribution is -0.145. The first-order chi connectivity index (χ1) is 24.4. The predicted octanol–water partition coefficient (Wildman–Crippen LogP) is 6.76. The molecule has 2 saturated heterocycles. The zero-order valence-electron chi connectivity index (χ0n) is 30.2. The molecule has 3 unspecified atom stereocenters. The average Bonchev–Trinajstić information content (AvgIpc) is 3.86. The number of nitrogens with zero attached hydrogens (tertiary/aromatic N) is 1. The van der Waals surface area contributed by atoms with Crippen LogP contribution in [0.25, 0.3) is 11.0 Å². The van der Waals surface area contributed by atoms with Gasteiger partial charge in [0, 0.05) is 23.5 Å². The monoisotopic (exact) mass is 711 g/mol. The molecule has 12 heteroatoms. The number of benzene rings is 1. The lowest BCUT2D eigenvalue weighted by Gasteiger charge is -2.38. The van der Waals surface area contributed by atoms with E-state index in [-0.39, 0.29) is 42.1 Å². The number of halogens is 1. The van der Waals surface area contributed by atoms with Gasteiger partial charge in [-0.2, -0.15) is 0 Å². The van der Waals surface area contributed by atoms with Crippen molar-refractivity contribution in [2.75, 3.05) is 19.9 Å².